The average molecular weight is 359 g/mol. The van der Waals surface area contributed by atoms with Gasteiger partial charge in [0.1, 0.15) is 5.76 Å². The van der Waals surface area contributed by atoms with Gasteiger partial charge in [0, 0.05) is 42.5 Å². The Morgan fingerprint density at radius 1 is 1.07 bits per heavy atom. The van der Waals surface area contributed by atoms with E-state index in [1.54, 1.807) is 18.7 Å². The smallest absolute Gasteiger partial charge is 0.223 e. The number of para-hydroxylation sites is 1. The van der Waals surface area contributed by atoms with E-state index in [0.29, 0.717) is 25.9 Å². The van der Waals surface area contributed by atoms with Crippen LogP contribution in [0.4, 0.5) is 0 Å². The number of carbonyl (C=O) groups is 1. The molecule has 4 rings (SSSR count). The fourth-order valence-electron chi connectivity index (χ4n) is 3.27. The second kappa shape index (κ2) is 7.91. The lowest BCUT2D eigenvalue weighted by Crippen LogP contribution is -2.30. The molecule has 1 N–H and O–H groups in total. The first kappa shape index (κ1) is 17.1. The summed E-state index contributed by atoms with van der Waals surface area (Å²) < 4.78 is 5.45. The number of rotatable bonds is 7. The molecule has 3 aromatic heterocycles. The summed E-state index contributed by atoms with van der Waals surface area (Å²) in [6.07, 6.45) is 8.30. The number of hydrogen-bond acceptors (Lipinski definition) is 3. The number of pyridine rings is 1. The van der Waals surface area contributed by atoms with E-state index in [-0.39, 0.29) is 5.91 Å². The first-order chi connectivity index (χ1) is 13.3. The van der Waals surface area contributed by atoms with Crippen molar-refractivity contribution in [3.8, 4) is 0 Å². The Balaban J connectivity index is 1.47. The molecule has 0 spiro atoms. The molecule has 0 aliphatic rings. The lowest BCUT2D eigenvalue weighted by molar-refractivity contribution is -0.132. The Hall–Kier alpha value is -3.34. The number of aromatic nitrogens is 2. The van der Waals surface area contributed by atoms with Crippen molar-refractivity contribution in [2.24, 2.45) is 0 Å². The molecule has 0 radical (unpaired) electrons. The van der Waals surface area contributed by atoms with Crippen LogP contribution in [0.5, 0.6) is 0 Å². The average Bonchev–Trinajstić information content (AvgIpc) is 3.36. The predicted molar refractivity (Wildman–Crippen MR) is 104 cm³/mol. The number of amides is 1. The molecular weight excluding hydrogens is 338 g/mol. The van der Waals surface area contributed by atoms with Crippen LogP contribution < -0.4 is 0 Å². The molecule has 0 bridgehead atoms. The molecule has 0 saturated heterocycles. The zero-order chi connectivity index (χ0) is 18.5. The van der Waals surface area contributed by atoms with Crippen LogP contribution in [0.25, 0.3) is 10.9 Å². The molecule has 0 aliphatic heterocycles. The van der Waals surface area contributed by atoms with Gasteiger partial charge in [-0.1, -0.05) is 24.3 Å². The second-order valence-corrected chi connectivity index (χ2v) is 6.55. The molecule has 0 aliphatic carbocycles. The Kier molecular flexibility index (Phi) is 5.01. The molecule has 3 heterocycles. The van der Waals surface area contributed by atoms with Gasteiger partial charge in [-0.15, -0.1) is 0 Å². The van der Waals surface area contributed by atoms with Crippen molar-refractivity contribution >= 4 is 16.8 Å². The number of nitrogens with zero attached hydrogens (tertiary/aromatic N) is 2. The Morgan fingerprint density at radius 2 is 2.00 bits per heavy atom. The summed E-state index contributed by atoms with van der Waals surface area (Å²) in [6.45, 7) is 0.968. The van der Waals surface area contributed by atoms with Crippen LogP contribution in [0.2, 0.25) is 0 Å². The molecule has 4 aromatic rings. The topological polar surface area (TPSA) is 62.1 Å². The first-order valence-corrected chi connectivity index (χ1v) is 9.03. The van der Waals surface area contributed by atoms with Gasteiger partial charge >= 0.3 is 0 Å². The number of carbonyl (C=O) groups excluding carboxylic acids is 1. The second-order valence-electron chi connectivity index (χ2n) is 6.55. The zero-order valence-electron chi connectivity index (χ0n) is 15.0. The number of hydrogen-bond donors (Lipinski definition) is 1. The minimum atomic E-state index is 0.0977. The van der Waals surface area contributed by atoms with Gasteiger partial charge in [-0.05, 0) is 41.8 Å². The Labute approximate surface area is 157 Å². The van der Waals surface area contributed by atoms with Crippen LogP contribution >= 0.6 is 0 Å². The van der Waals surface area contributed by atoms with Crippen LogP contribution in [0.15, 0.2) is 77.8 Å². The van der Waals surface area contributed by atoms with Crippen molar-refractivity contribution in [2.45, 2.75) is 25.9 Å². The van der Waals surface area contributed by atoms with Crippen LogP contribution in [-0.4, -0.2) is 20.8 Å². The maximum Gasteiger partial charge on any atom is 0.223 e. The molecule has 0 atom stereocenters. The third kappa shape index (κ3) is 4.08. The quantitative estimate of drug-likeness (QED) is 0.535. The standard InChI is InChI=1S/C22H21N3O2/c26-22(10-9-18-14-24-21-8-2-1-7-20(18)21)25(16-19-6-4-12-27-19)15-17-5-3-11-23-13-17/h1-8,11-14,24H,9-10,15-16H2. The summed E-state index contributed by atoms with van der Waals surface area (Å²) in [7, 11) is 0. The predicted octanol–water partition coefficient (Wildman–Crippen LogP) is 4.32. The van der Waals surface area contributed by atoms with Gasteiger partial charge in [0.25, 0.3) is 0 Å². The van der Waals surface area contributed by atoms with Crippen molar-refractivity contribution in [1.29, 1.82) is 0 Å². The van der Waals surface area contributed by atoms with Gasteiger partial charge in [-0.3, -0.25) is 9.78 Å². The van der Waals surface area contributed by atoms with E-state index in [9.17, 15) is 4.79 Å². The van der Waals surface area contributed by atoms with Gasteiger partial charge in [0.15, 0.2) is 0 Å². The van der Waals surface area contributed by atoms with Crippen molar-refractivity contribution < 1.29 is 9.21 Å². The van der Waals surface area contributed by atoms with E-state index < -0.39 is 0 Å². The first-order valence-electron chi connectivity index (χ1n) is 9.03. The number of aromatic amines is 1. The van der Waals surface area contributed by atoms with E-state index in [4.69, 9.17) is 4.42 Å². The van der Waals surface area contributed by atoms with Gasteiger partial charge < -0.3 is 14.3 Å². The highest BCUT2D eigenvalue weighted by Gasteiger charge is 2.17. The maximum absolute atomic E-state index is 13.0. The summed E-state index contributed by atoms with van der Waals surface area (Å²) in [5.41, 5.74) is 3.27. The van der Waals surface area contributed by atoms with E-state index in [1.807, 2.05) is 53.6 Å². The molecular formula is C22H21N3O2. The summed E-state index contributed by atoms with van der Waals surface area (Å²) in [5.74, 6) is 0.875. The monoisotopic (exact) mass is 359 g/mol. The molecule has 0 unspecified atom stereocenters. The van der Waals surface area contributed by atoms with Crippen molar-refractivity contribution in [3.63, 3.8) is 0 Å². The largest absolute Gasteiger partial charge is 0.467 e. The number of H-pyrrole nitrogens is 1. The van der Waals surface area contributed by atoms with Gasteiger partial charge in [-0.2, -0.15) is 0 Å². The Bertz CT molecular complexity index is 1010. The van der Waals surface area contributed by atoms with Crippen LogP contribution in [0, 0.1) is 0 Å². The van der Waals surface area contributed by atoms with Crippen molar-refractivity contribution in [1.82, 2.24) is 14.9 Å². The molecule has 27 heavy (non-hydrogen) atoms. The SMILES string of the molecule is O=C(CCc1c[nH]c2ccccc12)N(Cc1cccnc1)Cc1ccco1. The van der Waals surface area contributed by atoms with Crippen LogP contribution in [0.3, 0.4) is 0 Å². The van der Waals surface area contributed by atoms with E-state index >= 15 is 0 Å². The number of furan rings is 1. The van der Waals surface area contributed by atoms with Gasteiger partial charge in [-0.25, -0.2) is 0 Å². The van der Waals surface area contributed by atoms with E-state index in [2.05, 4.69) is 16.0 Å². The summed E-state index contributed by atoms with van der Waals surface area (Å²) in [6, 6.07) is 15.8. The van der Waals surface area contributed by atoms with Gasteiger partial charge in [0.05, 0.1) is 12.8 Å². The highest BCUT2D eigenvalue weighted by molar-refractivity contribution is 5.84. The molecule has 0 saturated carbocycles. The van der Waals surface area contributed by atoms with Crippen LogP contribution in [0.1, 0.15) is 23.3 Å². The molecule has 1 amide bonds. The fourth-order valence-corrected chi connectivity index (χ4v) is 3.27. The summed E-state index contributed by atoms with van der Waals surface area (Å²) in [5, 5.41) is 1.18. The van der Waals surface area contributed by atoms with E-state index in [1.165, 1.54) is 10.9 Å². The molecule has 1 aromatic carbocycles. The molecule has 5 nitrogen and oxygen atoms in total. The number of benzene rings is 1. The number of nitrogens with one attached hydrogen (secondary N) is 1. The lowest BCUT2D eigenvalue weighted by Gasteiger charge is -2.22. The van der Waals surface area contributed by atoms with Gasteiger partial charge in [0.2, 0.25) is 5.91 Å². The molecule has 5 heteroatoms. The lowest BCUT2D eigenvalue weighted by atomic mass is 10.1. The minimum absolute atomic E-state index is 0.0977. The Morgan fingerprint density at radius 3 is 2.81 bits per heavy atom. The van der Waals surface area contributed by atoms with Crippen molar-refractivity contribution in [3.05, 3.63) is 90.3 Å². The molecule has 0 fully saturated rings. The number of fused-ring (bicyclic) bond motifs is 1. The minimum Gasteiger partial charge on any atom is -0.467 e. The summed E-state index contributed by atoms with van der Waals surface area (Å²) >= 11 is 0. The number of aryl methyl sites for hydroxylation is 1. The third-order valence-electron chi connectivity index (χ3n) is 4.66. The maximum atomic E-state index is 13.0. The fraction of sp³-hybridized carbons (Fsp3) is 0.182. The highest BCUT2D eigenvalue weighted by atomic mass is 16.3. The summed E-state index contributed by atoms with van der Waals surface area (Å²) in [4.78, 5) is 22.2. The van der Waals surface area contributed by atoms with Crippen molar-refractivity contribution in [2.75, 3.05) is 0 Å². The molecule has 136 valence electrons. The highest BCUT2D eigenvalue weighted by Crippen LogP contribution is 2.20. The normalized spacial score (nSPS) is 11.0. The van der Waals surface area contributed by atoms with E-state index in [0.717, 1.165) is 16.8 Å². The third-order valence-corrected chi connectivity index (χ3v) is 4.66. The van der Waals surface area contributed by atoms with Crippen LogP contribution in [-0.2, 0) is 24.3 Å². The zero-order valence-corrected chi connectivity index (χ0v) is 15.0.